The number of benzene rings is 1. The van der Waals surface area contributed by atoms with Gasteiger partial charge in [-0.3, -0.25) is 4.90 Å². The van der Waals surface area contributed by atoms with Crippen LogP contribution in [0.1, 0.15) is 11.1 Å². The summed E-state index contributed by atoms with van der Waals surface area (Å²) >= 11 is 0. The van der Waals surface area contributed by atoms with E-state index in [0.717, 1.165) is 5.56 Å². The molecule has 1 unspecified atom stereocenters. The minimum Gasteiger partial charge on any atom is -0.314 e. The molecule has 144 valence electrons. The maximum absolute atomic E-state index is 13.3. The topological polar surface area (TPSA) is 61.4 Å². The molecule has 25 heavy (non-hydrogen) atoms. The molecule has 0 spiro atoms. The summed E-state index contributed by atoms with van der Waals surface area (Å²) in [5.74, 6) is -0.328. The molecule has 1 aromatic carbocycles. The second kappa shape index (κ2) is 9.18. The van der Waals surface area contributed by atoms with Gasteiger partial charge in [0, 0.05) is 32.7 Å². The molecule has 1 fully saturated rings. The number of nitrogens with zero attached hydrogens (tertiary/aromatic N) is 1. The number of hydrogen-bond acceptors (Lipinski definition) is 4. The summed E-state index contributed by atoms with van der Waals surface area (Å²) in [5, 5.41) is 2.98. The minimum atomic E-state index is -4.48. The Morgan fingerprint density at radius 3 is 2.40 bits per heavy atom. The molecule has 1 heterocycles. The van der Waals surface area contributed by atoms with E-state index in [1.54, 1.807) is 31.2 Å². The molecule has 10 heteroatoms. The molecule has 2 rings (SSSR count). The molecule has 2 N–H and O–H groups in total. The predicted molar refractivity (Wildman–Crippen MR) is 93.3 cm³/mol. The smallest absolute Gasteiger partial charge is 0.314 e. The first-order valence-electron chi connectivity index (χ1n) is 7.72. The van der Waals surface area contributed by atoms with Gasteiger partial charge < -0.3 is 5.32 Å². The van der Waals surface area contributed by atoms with Crippen LogP contribution in [0.5, 0.6) is 0 Å². The second-order valence-electron chi connectivity index (χ2n) is 5.88. The number of aryl methyl sites for hydroxylation is 1. The largest absolute Gasteiger partial charge is 0.405 e. The van der Waals surface area contributed by atoms with Crippen molar-refractivity contribution in [2.45, 2.75) is 24.9 Å². The highest BCUT2D eigenvalue weighted by Crippen LogP contribution is 2.25. The van der Waals surface area contributed by atoms with E-state index in [-0.39, 0.29) is 31.2 Å². The Balaban J connectivity index is 0.00000312. The molecule has 1 atom stereocenters. The van der Waals surface area contributed by atoms with Crippen molar-refractivity contribution in [2.75, 3.05) is 32.7 Å². The Morgan fingerprint density at radius 1 is 1.24 bits per heavy atom. The molecule has 1 aromatic rings. The van der Waals surface area contributed by atoms with E-state index in [2.05, 4.69) is 10.0 Å². The van der Waals surface area contributed by atoms with E-state index in [9.17, 15) is 21.6 Å². The predicted octanol–water partition coefficient (Wildman–Crippen LogP) is 1.67. The average molecular weight is 402 g/mol. The molecule has 1 aliphatic rings. The Morgan fingerprint density at radius 2 is 1.84 bits per heavy atom. The highest BCUT2D eigenvalue weighted by atomic mass is 35.5. The van der Waals surface area contributed by atoms with Crippen LogP contribution in [0.3, 0.4) is 0 Å². The van der Waals surface area contributed by atoms with E-state index in [1.165, 1.54) is 4.90 Å². The molecule has 0 aliphatic carbocycles. The Kier molecular flexibility index (Phi) is 8.14. The van der Waals surface area contributed by atoms with Gasteiger partial charge in [-0.05, 0) is 18.1 Å². The van der Waals surface area contributed by atoms with Crippen LogP contribution in [0.4, 0.5) is 13.2 Å². The van der Waals surface area contributed by atoms with Gasteiger partial charge in [-0.25, -0.2) is 13.1 Å². The molecule has 0 radical (unpaired) electrons. The van der Waals surface area contributed by atoms with Crippen LogP contribution in [0.2, 0.25) is 0 Å². The number of rotatable bonds is 6. The number of piperazine rings is 1. The Bertz CT molecular complexity index is 650. The van der Waals surface area contributed by atoms with E-state index in [1.807, 2.05) is 0 Å². The number of hydrogen-bond donors (Lipinski definition) is 2. The molecule has 0 saturated carbocycles. The van der Waals surface area contributed by atoms with Crippen molar-refractivity contribution in [2.24, 2.45) is 0 Å². The van der Waals surface area contributed by atoms with Crippen LogP contribution in [-0.2, 0) is 15.8 Å². The van der Waals surface area contributed by atoms with Gasteiger partial charge in [0.25, 0.3) is 0 Å². The van der Waals surface area contributed by atoms with Crippen LogP contribution >= 0.6 is 12.4 Å². The highest BCUT2D eigenvalue weighted by Gasteiger charge is 2.44. The van der Waals surface area contributed by atoms with Crippen LogP contribution in [0, 0.1) is 6.92 Å². The lowest BCUT2D eigenvalue weighted by Gasteiger charge is -2.35. The van der Waals surface area contributed by atoms with Gasteiger partial charge in [0.1, 0.15) is 6.04 Å². The van der Waals surface area contributed by atoms with Gasteiger partial charge in [-0.1, -0.05) is 24.3 Å². The van der Waals surface area contributed by atoms with E-state index < -0.39 is 28.8 Å². The van der Waals surface area contributed by atoms with E-state index in [0.29, 0.717) is 18.7 Å². The van der Waals surface area contributed by atoms with Crippen molar-refractivity contribution in [1.82, 2.24) is 14.9 Å². The first kappa shape index (κ1) is 22.2. The molecule has 0 aromatic heterocycles. The van der Waals surface area contributed by atoms with Crippen molar-refractivity contribution in [3.05, 3.63) is 35.4 Å². The van der Waals surface area contributed by atoms with Gasteiger partial charge in [0.2, 0.25) is 10.0 Å². The summed E-state index contributed by atoms with van der Waals surface area (Å²) in [6, 6.07) is 5.10. The van der Waals surface area contributed by atoms with Gasteiger partial charge >= 0.3 is 6.18 Å². The van der Waals surface area contributed by atoms with Crippen molar-refractivity contribution in [1.29, 1.82) is 0 Å². The van der Waals surface area contributed by atoms with Crippen LogP contribution in [-0.4, -0.2) is 58.3 Å². The maximum atomic E-state index is 13.3. The third kappa shape index (κ3) is 6.74. The van der Waals surface area contributed by atoms with Gasteiger partial charge in [0.05, 0.1) is 5.75 Å². The third-order valence-corrected chi connectivity index (χ3v) is 5.37. The SMILES string of the molecule is Cc1ccccc1CS(=O)(=O)NCC(N1CCNCC1)C(F)(F)F.Cl. The van der Waals surface area contributed by atoms with E-state index >= 15 is 0 Å². The van der Waals surface area contributed by atoms with Crippen molar-refractivity contribution in [3.8, 4) is 0 Å². The normalized spacial score (nSPS) is 17.8. The molecular formula is C15H23ClF3N3O2S. The van der Waals surface area contributed by atoms with Crippen molar-refractivity contribution < 1.29 is 21.6 Å². The zero-order chi connectivity index (χ0) is 17.8. The Labute approximate surface area is 152 Å². The highest BCUT2D eigenvalue weighted by molar-refractivity contribution is 7.88. The number of sulfonamides is 1. The molecule has 1 saturated heterocycles. The summed E-state index contributed by atoms with van der Waals surface area (Å²) in [4.78, 5) is 1.27. The quantitative estimate of drug-likeness (QED) is 0.761. The zero-order valence-electron chi connectivity index (χ0n) is 13.8. The van der Waals surface area contributed by atoms with Crippen LogP contribution in [0.25, 0.3) is 0 Å². The second-order valence-corrected chi connectivity index (χ2v) is 7.68. The molecule has 0 bridgehead atoms. The lowest BCUT2D eigenvalue weighted by molar-refractivity contribution is -0.182. The van der Waals surface area contributed by atoms with Gasteiger partial charge in [-0.15, -0.1) is 12.4 Å². The first-order valence-corrected chi connectivity index (χ1v) is 9.37. The third-order valence-electron chi connectivity index (χ3n) is 4.07. The van der Waals surface area contributed by atoms with E-state index in [4.69, 9.17) is 0 Å². The number of nitrogens with one attached hydrogen (secondary N) is 2. The fourth-order valence-electron chi connectivity index (χ4n) is 2.68. The molecule has 1 aliphatic heterocycles. The first-order chi connectivity index (χ1) is 11.2. The zero-order valence-corrected chi connectivity index (χ0v) is 15.5. The van der Waals surface area contributed by atoms with Gasteiger partial charge in [0.15, 0.2) is 0 Å². The number of halogens is 4. The lowest BCUT2D eigenvalue weighted by atomic mass is 10.1. The monoisotopic (exact) mass is 401 g/mol. The summed E-state index contributed by atoms with van der Waals surface area (Å²) in [6.07, 6.45) is -4.48. The average Bonchev–Trinajstić information content (AvgIpc) is 2.49. The molecular weight excluding hydrogens is 379 g/mol. The summed E-state index contributed by atoms with van der Waals surface area (Å²) < 4.78 is 66.3. The lowest BCUT2D eigenvalue weighted by Crippen LogP contribution is -2.57. The maximum Gasteiger partial charge on any atom is 0.405 e. The van der Waals surface area contributed by atoms with Gasteiger partial charge in [-0.2, -0.15) is 13.2 Å². The summed E-state index contributed by atoms with van der Waals surface area (Å²) in [7, 11) is -3.84. The fourth-order valence-corrected chi connectivity index (χ4v) is 3.93. The summed E-state index contributed by atoms with van der Waals surface area (Å²) in [5.41, 5.74) is 1.37. The minimum absolute atomic E-state index is 0. The summed E-state index contributed by atoms with van der Waals surface area (Å²) in [6.45, 7) is 2.50. The number of alkyl halides is 3. The van der Waals surface area contributed by atoms with Crippen LogP contribution < -0.4 is 10.0 Å². The van der Waals surface area contributed by atoms with Crippen molar-refractivity contribution in [3.63, 3.8) is 0 Å². The fraction of sp³-hybridized carbons (Fsp3) is 0.600. The standard InChI is InChI=1S/C15H22F3N3O2S.ClH/c1-12-4-2-3-5-13(12)11-24(22,23)20-10-14(15(16,17)18)21-8-6-19-7-9-21;/h2-5,14,19-20H,6-11H2,1H3;1H. The molecule has 0 amide bonds. The Hall–Kier alpha value is -0.870. The van der Waals surface area contributed by atoms with Crippen molar-refractivity contribution >= 4 is 22.4 Å². The molecule has 5 nitrogen and oxygen atoms in total. The van der Waals surface area contributed by atoms with Crippen LogP contribution in [0.15, 0.2) is 24.3 Å².